The highest BCUT2D eigenvalue weighted by molar-refractivity contribution is 9.09. The van der Waals surface area contributed by atoms with Gasteiger partial charge in [-0.2, -0.15) is 0 Å². The Morgan fingerprint density at radius 3 is 2.65 bits per heavy atom. The van der Waals surface area contributed by atoms with Crippen molar-refractivity contribution in [1.82, 2.24) is 0 Å². The molecule has 0 aliphatic heterocycles. The van der Waals surface area contributed by atoms with E-state index in [2.05, 4.69) is 40.2 Å². The molecule has 0 amide bonds. The number of rotatable bonds is 4. The molecular weight excluding hydrogens is 319 g/mol. The zero-order valence-electron chi connectivity index (χ0n) is 11.2. The maximum Gasteiger partial charge on any atom is 0.123 e. The number of alkyl halides is 1. The van der Waals surface area contributed by atoms with Crippen molar-refractivity contribution in [3.05, 3.63) is 65.5 Å². The van der Waals surface area contributed by atoms with E-state index in [4.69, 9.17) is 4.74 Å². The van der Waals surface area contributed by atoms with E-state index in [0.717, 1.165) is 17.7 Å². The molecule has 1 nitrogen and oxygen atoms in total. The smallest absolute Gasteiger partial charge is 0.123 e. The summed E-state index contributed by atoms with van der Waals surface area (Å²) in [4.78, 5) is 0.123. The molecule has 104 valence electrons. The van der Waals surface area contributed by atoms with E-state index in [-0.39, 0.29) is 10.6 Å². The van der Waals surface area contributed by atoms with Gasteiger partial charge in [0.1, 0.15) is 11.6 Å². The minimum Gasteiger partial charge on any atom is -0.496 e. The van der Waals surface area contributed by atoms with Gasteiger partial charge in [0, 0.05) is 10.4 Å². The first kappa shape index (κ1) is 13.6. The summed E-state index contributed by atoms with van der Waals surface area (Å²) in [6.07, 6.45) is 1.12. The van der Waals surface area contributed by atoms with Crippen molar-refractivity contribution in [1.29, 1.82) is 0 Å². The second-order valence-electron chi connectivity index (χ2n) is 5.20. The SMILES string of the molecule is COc1ccc(F)cc1C(Br)C1CC1c1ccccc1. The lowest BCUT2D eigenvalue weighted by atomic mass is 10.0. The molecule has 0 radical (unpaired) electrons. The van der Waals surface area contributed by atoms with Crippen molar-refractivity contribution in [2.45, 2.75) is 17.2 Å². The highest BCUT2D eigenvalue weighted by atomic mass is 79.9. The summed E-state index contributed by atoms with van der Waals surface area (Å²) in [5, 5.41) is 0. The van der Waals surface area contributed by atoms with E-state index in [9.17, 15) is 4.39 Å². The summed E-state index contributed by atoms with van der Waals surface area (Å²) in [6.45, 7) is 0. The molecule has 0 N–H and O–H groups in total. The van der Waals surface area contributed by atoms with Crippen LogP contribution in [0.4, 0.5) is 4.39 Å². The summed E-state index contributed by atoms with van der Waals surface area (Å²) in [7, 11) is 1.62. The second-order valence-corrected chi connectivity index (χ2v) is 6.19. The predicted molar refractivity (Wildman–Crippen MR) is 81.9 cm³/mol. The van der Waals surface area contributed by atoms with Crippen molar-refractivity contribution in [2.24, 2.45) is 5.92 Å². The number of benzene rings is 2. The predicted octanol–water partition coefficient (Wildman–Crippen LogP) is 5.07. The van der Waals surface area contributed by atoms with Crippen LogP contribution >= 0.6 is 15.9 Å². The van der Waals surface area contributed by atoms with Crippen LogP contribution in [0.2, 0.25) is 0 Å². The standard InChI is InChI=1S/C17H16BrFO/c1-20-16-8-7-12(19)9-15(16)17(18)14-10-13(14)11-5-3-2-4-6-11/h2-9,13-14,17H,10H2,1H3. The lowest BCUT2D eigenvalue weighted by Crippen LogP contribution is -1.99. The van der Waals surface area contributed by atoms with Crippen molar-refractivity contribution in [3.63, 3.8) is 0 Å². The number of ether oxygens (including phenoxy) is 1. The molecule has 1 saturated carbocycles. The van der Waals surface area contributed by atoms with Gasteiger partial charge in [-0.3, -0.25) is 0 Å². The lowest BCUT2D eigenvalue weighted by Gasteiger charge is -2.14. The third-order valence-electron chi connectivity index (χ3n) is 3.93. The average molecular weight is 335 g/mol. The molecule has 2 aromatic carbocycles. The molecule has 3 heteroatoms. The fourth-order valence-electron chi connectivity index (χ4n) is 2.77. The summed E-state index contributed by atoms with van der Waals surface area (Å²) >= 11 is 3.73. The van der Waals surface area contributed by atoms with Crippen LogP contribution in [-0.2, 0) is 0 Å². The van der Waals surface area contributed by atoms with Gasteiger partial charge < -0.3 is 4.74 Å². The van der Waals surface area contributed by atoms with E-state index in [0.29, 0.717) is 11.8 Å². The van der Waals surface area contributed by atoms with Crippen molar-refractivity contribution < 1.29 is 9.13 Å². The zero-order valence-corrected chi connectivity index (χ0v) is 12.8. The fraction of sp³-hybridized carbons (Fsp3) is 0.294. The van der Waals surface area contributed by atoms with Gasteiger partial charge in [0.25, 0.3) is 0 Å². The third-order valence-corrected chi connectivity index (χ3v) is 5.10. The van der Waals surface area contributed by atoms with Crippen molar-refractivity contribution in [2.75, 3.05) is 7.11 Å². The van der Waals surface area contributed by atoms with Crippen LogP contribution < -0.4 is 4.74 Å². The van der Waals surface area contributed by atoms with Crippen LogP contribution in [0.25, 0.3) is 0 Å². The molecule has 1 aliphatic carbocycles. The molecule has 3 atom stereocenters. The van der Waals surface area contributed by atoms with Gasteiger partial charge in [-0.15, -0.1) is 0 Å². The van der Waals surface area contributed by atoms with Gasteiger partial charge in [-0.25, -0.2) is 4.39 Å². The molecule has 0 heterocycles. The normalized spacial score (nSPS) is 22.4. The third kappa shape index (κ3) is 2.59. The largest absolute Gasteiger partial charge is 0.496 e. The van der Waals surface area contributed by atoms with Gasteiger partial charge in [0.15, 0.2) is 0 Å². The van der Waals surface area contributed by atoms with Gasteiger partial charge in [0.2, 0.25) is 0 Å². The van der Waals surface area contributed by atoms with Gasteiger partial charge in [-0.1, -0.05) is 46.3 Å². The van der Waals surface area contributed by atoms with Crippen molar-refractivity contribution >= 4 is 15.9 Å². The van der Waals surface area contributed by atoms with Crippen LogP contribution in [0.15, 0.2) is 48.5 Å². The van der Waals surface area contributed by atoms with Crippen LogP contribution in [0, 0.1) is 11.7 Å². The summed E-state index contributed by atoms with van der Waals surface area (Å²) in [6, 6.07) is 15.2. The number of hydrogen-bond donors (Lipinski definition) is 0. The quantitative estimate of drug-likeness (QED) is 0.709. The molecule has 20 heavy (non-hydrogen) atoms. The van der Waals surface area contributed by atoms with E-state index in [1.54, 1.807) is 19.2 Å². The number of halogens is 2. The maximum atomic E-state index is 13.5. The topological polar surface area (TPSA) is 9.23 Å². The molecule has 0 saturated heterocycles. The van der Waals surface area contributed by atoms with Crippen molar-refractivity contribution in [3.8, 4) is 5.75 Å². The molecule has 0 spiro atoms. The first-order valence-corrected chi connectivity index (χ1v) is 7.64. The lowest BCUT2D eigenvalue weighted by molar-refractivity contribution is 0.407. The molecule has 2 aromatic rings. The Balaban J connectivity index is 1.81. The minimum atomic E-state index is -0.220. The van der Waals surface area contributed by atoms with Gasteiger partial charge in [0.05, 0.1) is 7.11 Å². The van der Waals surface area contributed by atoms with E-state index in [1.807, 2.05) is 6.07 Å². The molecule has 0 bridgehead atoms. The van der Waals surface area contributed by atoms with E-state index < -0.39 is 0 Å². The Bertz CT molecular complexity index is 599. The highest BCUT2D eigenvalue weighted by Crippen LogP contribution is 2.58. The Kier molecular flexibility index (Phi) is 3.79. The van der Waals surface area contributed by atoms with Crippen LogP contribution in [0.3, 0.4) is 0 Å². The summed E-state index contributed by atoms with van der Waals surface area (Å²) < 4.78 is 18.8. The Hall–Kier alpha value is -1.35. The molecule has 3 rings (SSSR count). The van der Waals surface area contributed by atoms with Gasteiger partial charge >= 0.3 is 0 Å². The number of methoxy groups -OCH3 is 1. The molecule has 1 fully saturated rings. The molecule has 0 aromatic heterocycles. The van der Waals surface area contributed by atoms with E-state index >= 15 is 0 Å². The van der Waals surface area contributed by atoms with Crippen LogP contribution in [-0.4, -0.2) is 7.11 Å². The zero-order chi connectivity index (χ0) is 14.1. The molecule has 3 unspecified atom stereocenters. The Morgan fingerprint density at radius 2 is 1.95 bits per heavy atom. The highest BCUT2D eigenvalue weighted by Gasteiger charge is 2.44. The first-order chi connectivity index (χ1) is 9.70. The van der Waals surface area contributed by atoms with Crippen LogP contribution in [0.1, 0.15) is 28.3 Å². The summed E-state index contributed by atoms with van der Waals surface area (Å²) in [5.41, 5.74) is 2.26. The molecule has 1 aliphatic rings. The average Bonchev–Trinajstić information content (AvgIpc) is 3.28. The number of hydrogen-bond acceptors (Lipinski definition) is 1. The Morgan fingerprint density at radius 1 is 1.20 bits per heavy atom. The van der Waals surface area contributed by atoms with E-state index in [1.165, 1.54) is 11.6 Å². The second kappa shape index (κ2) is 5.57. The maximum absolute atomic E-state index is 13.5. The monoisotopic (exact) mass is 334 g/mol. The van der Waals surface area contributed by atoms with Gasteiger partial charge in [-0.05, 0) is 42.0 Å². The summed E-state index contributed by atoms with van der Waals surface area (Å²) in [5.74, 6) is 1.57. The fourth-order valence-corrected chi connectivity index (χ4v) is 3.72. The first-order valence-electron chi connectivity index (χ1n) is 6.73. The Labute approximate surface area is 126 Å². The minimum absolute atomic E-state index is 0.123. The van der Waals surface area contributed by atoms with Crippen LogP contribution in [0.5, 0.6) is 5.75 Å². The molecular formula is C17H16BrFO.